The first kappa shape index (κ1) is 11.0. The predicted octanol–water partition coefficient (Wildman–Crippen LogP) is 3.15. The molecule has 1 heterocycles. The molecule has 3 nitrogen and oxygen atoms in total. The van der Waals surface area contributed by atoms with E-state index in [1.807, 2.05) is 51.1 Å². The van der Waals surface area contributed by atoms with E-state index in [-0.39, 0.29) is 5.41 Å². The number of hydrogen-bond donors (Lipinski definition) is 1. The van der Waals surface area contributed by atoms with Crippen molar-refractivity contribution < 1.29 is 13.9 Å². The fourth-order valence-electron chi connectivity index (χ4n) is 1.70. The van der Waals surface area contributed by atoms with Crippen LogP contribution in [0.25, 0.3) is 0 Å². The molecule has 1 saturated heterocycles. The second kappa shape index (κ2) is 3.53. The summed E-state index contributed by atoms with van der Waals surface area (Å²) in [6.45, 7) is 6.09. The van der Waals surface area contributed by atoms with E-state index in [0.717, 1.165) is 5.56 Å². The third-order valence-electron chi connectivity index (χ3n) is 2.55. The van der Waals surface area contributed by atoms with Gasteiger partial charge in [0.1, 0.15) is 0 Å². The van der Waals surface area contributed by atoms with Crippen molar-refractivity contribution in [2.75, 3.05) is 0 Å². The molecule has 4 heteroatoms. The molecule has 0 amide bonds. The molecule has 82 valence electrons. The quantitative estimate of drug-likeness (QED) is 0.747. The molecule has 0 aliphatic carbocycles. The minimum absolute atomic E-state index is 0.212. The lowest BCUT2D eigenvalue weighted by Gasteiger charge is -2.51. The molecule has 1 N–H and O–H groups in total. The molecule has 0 spiro atoms. The van der Waals surface area contributed by atoms with Gasteiger partial charge in [0, 0.05) is 11.0 Å². The minimum atomic E-state index is -1.69. The molecule has 1 aromatic carbocycles. The van der Waals surface area contributed by atoms with Gasteiger partial charge in [0.25, 0.3) is 0 Å². The highest BCUT2D eigenvalue weighted by Crippen LogP contribution is 2.65. The van der Waals surface area contributed by atoms with Crippen molar-refractivity contribution in [3.8, 4) is 0 Å². The Morgan fingerprint density at radius 2 is 1.67 bits per heavy atom. The molecule has 1 aliphatic rings. The third-order valence-corrected chi connectivity index (χ3v) is 3.38. The number of benzene rings is 1. The highest BCUT2D eigenvalue weighted by molar-refractivity contribution is 7.41. The summed E-state index contributed by atoms with van der Waals surface area (Å²) in [6, 6.07) is 9.72. The molecule has 0 saturated carbocycles. The highest BCUT2D eigenvalue weighted by Gasteiger charge is 2.57. The lowest BCUT2D eigenvalue weighted by Crippen LogP contribution is -2.48. The van der Waals surface area contributed by atoms with Gasteiger partial charge in [-0.25, -0.2) is 0 Å². The summed E-state index contributed by atoms with van der Waals surface area (Å²) in [5.74, 6) is -0.797. The van der Waals surface area contributed by atoms with Gasteiger partial charge in [0.05, 0.1) is 0 Å². The van der Waals surface area contributed by atoms with Gasteiger partial charge in [-0.05, 0) is 0 Å². The van der Waals surface area contributed by atoms with Crippen LogP contribution >= 0.6 is 8.60 Å². The molecule has 0 aromatic heterocycles. The summed E-state index contributed by atoms with van der Waals surface area (Å²) in [7, 11) is -1.69. The summed E-state index contributed by atoms with van der Waals surface area (Å²) in [4.78, 5) is 9.23. The third kappa shape index (κ3) is 1.70. The van der Waals surface area contributed by atoms with E-state index in [1.165, 1.54) is 0 Å². The Labute approximate surface area is 91.0 Å². The van der Waals surface area contributed by atoms with Gasteiger partial charge in [0.2, 0.25) is 5.79 Å². The van der Waals surface area contributed by atoms with Crippen molar-refractivity contribution in [1.29, 1.82) is 0 Å². The number of hydrogen-bond acceptors (Lipinski definition) is 3. The molecule has 0 bridgehead atoms. The largest absolute Gasteiger partial charge is 0.335 e. The lowest BCUT2D eigenvalue weighted by atomic mass is 9.81. The summed E-state index contributed by atoms with van der Waals surface area (Å²) in [6.07, 6.45) is 0. The average molecular weight is 226 g/mol. The first-order valence-electron chi connectivity index (χ1n) is 4.88. The van der Waals surface area contributed by atoms with Crippen LogP contribution in [0.15, 0.2) is 30.3 Å². The summed E-state index contributed by atoms with van der Waals surface area (Å²) in [5.41, 5.74) is 0.737. The lowest BCUT2D eigenvalue weighted by molar-refractivity contribution is -0.267. The van der Waals surface area contributed by atoms with Crippen LogP contribution in [0.3, 0.4) is 0 Å². The van der Waals surface area contributed by atoms with Crippen LogP contribution in [0, 0.1) is 5.41 Å². The van der Waals surface area contributed by atoms with E-state index < -0.39 is 14.4 Å². The number of rotatable bonds is 1. The Hall–Kier alpha value is -0.470. The van der Waals surface area contributed by atoms with Crippen molar-refractivity contribution in [3.05, 3.63) is 35.9 Å². The Balaban J connectivity index is 2.38. The molecule has 1 aromatic rings. The summed E-state index contributed by atoms with van der Waals surface area (Å²) < 4.78 is 11.0. The van der Waals surface area contributed by atoms with Gasteiger partial charge in [-0.3, -0.25) is 9.05 Å². The first-order chi connectivity index (χ1) is 6.96. The van der Waals surface area contributed by atoms with Gasteiger partial charge >= 0.3 is 8.60 Å². The van der Waals surface area contributed by atoms with Crippen molar-refractivity contribution >= 4 is 8.60 Å². The molecule has 0 atom stereocenters. The standard InChI is InChI=1S/C11H15O3P/c1-10(2,3)11(13-15(12)14-11)9-7-5-4-6-8-9/h4-8,12H,1-3H3. The SMILES string of the molecule is CC(C)(C)C1(c2ccccc2)OP(O)O1. The highest BCUT2D eigenvalue weighted by atomic mass is 31.2. The van der Waals surface area contributed by atoms with Crippen LogP contribution in [0.1, 0.15) is 26.3 Å². The summed E-state index contributed by atoms with van der Waals surface area (Å²) >= 11 is 0. The second-order valence-corrected chi connectivity index (χ2v) is 5.49. The Bertz CT molecular complexity index is 339. The molecule has 1 fully saturated rings. The van der Waals surface area contributed by atoms with E-state index in [4.69, 9.17) is 9.05 Å². The van der Waals surface area contributed by atoms with Gasteiger partial charge in [-0.1, -0.05) is 51.1 Å². The van der Waals surface area contributed by atoms with Gasteiger partial charge < -0.3 is 4.89 Å². The van der Waals surface area contributed by atoms with Crippen LogP contribution in [-0.4, -0.2) is 4.89 Å². The van der Waals surface area contributed by atoms with Crippen molar-refractivity contribution in [3.63, 3.8) is 0 Å². The van der Waals surface area contributed by atoms with E-state index >= 15 is 0 Å². The average Bonchev–Trinajstić information content (AvgIpc) is 2.12. The summed E-state index contributed by atoms with van der Waals surface area (Å²) in [5, 5.41) is 0. The van der Waals surface area contributed by atoms with Crippen molar-refractivity contribution in [1.82, 2.24) is 0 Å². The fraction of sp³-hybridized carbons (Fsp3) is 0.455. The maximum Gasteiger partial charge on any atom is 0.335 e. The van der Waals surface area contributed by atoms with Gasteiger partial charge in [-0.2, -0.15) is 0 Å². The second-order valence-electron chi connectivity index (χ2n) is 4.65. The van der Waals surface area contributed by atoms with Crippen LogP contribution in [0.2, 0.25) is 0 Å². The fourth-order valence-corrected chi connectivity index (χ4v) is 2.91. The zero-order chi connectivity index (χ0) is 11.1. The molecule has 0 radical (unpaired) electrons. The maximum absolute atomic E-state index is 9.23. The zero-order valence-electron chi connectivity index (χ0n) is 9.10. The minimum Gasteiger partial charge on any atom is -0.328 e. The van der Waals surface area contributed by atoms with E-state index in [2.05, 4.69) is 0 Å². The zero-order valence-corrected chi connectivity index (χ0v) is 9.99. The van der Waals surface area contributed by atoms with Crippen molar-refractivity contribution in [2.24, 2.45) is 5.41 Å². The predicted molar refractivity (Wildman–Crippen MR) is 58.9 cm³/mol. The monoisotopic (exact) mass is 226 g/mol. The normalized spacial score (nSPS) is 31.1. The molecule has 2 rings (SSSR count). The topological polar surface area (TPSA) is 38.7 Å². The Kier molecular flexibility index (Phi) is 2.60. The van der Waals surface area contributed by atoms with E-state index in [0.29, 0.717) is 0 Å². The van der Waals surface area contributed by atoms with E-state index in [9.17, 15) is 4.89 Å². The van der Waals surface area contributed by atoms with Crippen molar-refractivity contribution in [2.45, 2.75) is 26.6 Å². The molecule has 0 unspecified atom stereocenters. The Morgan fingerprint density at radius 1 is 1.13 bits per heavy atom. The molecular formula is C11H15O3P. The molecular weight excluding hydrogens is 211 g/mol. The van der Waals surface area contributed by atoms with E-state index in [1.54, 1.807) is 0 Å². The van der Waals surface area contributed by atoms with Gasteiger partial charge in [-0.15, -0.1) is 0 Å². The maximum atomic E-state index is 9.23. The van der Waals surface area contributed by atoms with Crippen LogP contribution in [0.4, 0.5) is 0 Å². The smallest absolute Gasteiger partial charge is 0.328 e. The molecule has 1 aliphatic heterocycles. The van der Waals surface area contributed by atoms with Crippen LogP contribution in [0.5, 0.6) is 0 Å². The Morgan fingerprint density at radius 3 is 2.07 bits per heavy atom. The van der Waals surface area contributed by atoms with Crippen LogP contribution in [-0.2, 0) is 14.8 Å². The molecule has 15 heavy (non-hydrogen) atoms. The van der Waals surface area contributed by atoms with Crippen LogP contribution < -0.4 is 0 Å². The van der Waals surface area contributed by atoms with Gasteiger partial charge in [0.15, 0.2) is 0 Å². The first-order valence-corrected chi connectivity index (χ1v) is 6.01.